The molecule has 19 heavy (non-hydrogen) atoms. The van der Waals surface area contributed by atoms with Crippen LogP contribution in [0.4, 0.5) is 0 Å². The van der Waals surface area contributed by atoms with Gasteiger partial charge in [-0.2, -0.15) is 5.10 Å². The van der Waals surface area contributed by atoms with E-state index in [0.29, 0.717) is 17.1 Å². The summed E-state index contributed by atoms with van der Waals surface area (Å²) in [6, 6.07) is 3.75. The van der Waals surface area contributed by atoms with Crippen molar-refractivity contribution < 1.29 is 9.53 Å². The molecule has 0 radical (unpaired) electrons. The number of methoxy groups -OCH3 is 1. The van der Waals surface area contributed by atoms with Crippen LogP contribution in [0.25, 0.3) is 0 Å². The first-order valence-corrected chi connectivity index (χ1v) is 6.14. The average molecular weight is 259 g/mol. The number of hydrogen-bond donors (Lipinski definition) is 0. The Morgan fingerprint density at radius 3 is 2.74 bits per heavy atom. The zero-order valence-corrected chi connectivity index (χ0v) is 11.5. The quantitative estimate of drug-likeness (QED) is 0.791. The molecule has 0 fully saturated rings. The highest BCUT2D eigenvalue weighted by Gasteiger charge is 2.24. The van der Waals surface area contributed by atoms with Crippen LogP contribution in [0.3, 0.4) is 0 Å². The van der Waals surface area contributed by atoms with E-state index in [1.807, 2.05) is 32.9 Å². The van der Waals surface area contributed by atoms with Gasteiger partial charge in [0.2, 0.25) is 5.78 Å². The van der Waals surface area contributed by atoms with Crippen LogP contribution in [-0.2, 0) is 0 Å². The molecule has 5 heteroatoms. The highest BCUT2D eigenvalue weighted by atomic mass is 16.5. The molecule has 2 aromatic rings. The summed E-state index contributed by atoms with van der Waals surface area (Å²) < 4.78 is 6.89. The fourth-order valence-corrected chi connectivity index (χ4v) is 1.94. The summed E-state index contributed by atoms with van der Waals surface area (Å²) in [5, 5.41) is 4.21. The molecule has 0 aromatic carbocycles. The van der Waals surface area contributed by atoms with Crippen molar-refractivity contribution in [3.8, 4) is 5.75 Å². The normalized spacial score (nSPS) is 10.8. The smallest absolute Gasteiger partial charge is 0.233 e. The number of aryl methyl sites for hydroxylation is 1. The fourth-order valence-electron chi connectivity index (χ4n) is 1.94. The van der Waals surface area contributed by atoms with Crippen LogP contribution in [0.15, 0.2) is 24.5 Å². The molecule has 0 unspecified atom stereocenters. The highest BCUT2D eigenvalue weighted by Crippen LogP contribution is 2.24. The van der Waals surface area contributed by atoms with E-state index in [0.717, 1.165) is 5.56 Å². The fraction of sp³-hybridized carbons (Fsp3) is 0.357. The first-order valence-electron chi connectivity index (χ1n) is 6.14. The molecule has 0 bridgehead atoms. The van der Waals surface area contributed by atoms with Crippen molar-refractivity contribution in [2.24, 2.45) is 0 Å². The van der Waals surface area contributed by atoms with Crippen molar-refractivity contribution in [1.82, 2.24) is 14.8 Å². The minimum absolute atomic E-state index is 0.0758. The van der Waals surface area contributed by atoms with Crippen molar-refractivity contribution >= 4 is 5.78 Å². The van der Waals surface area contributed by atoms with Gasteiger partial charge >= 0.3 is 0 Å². The van der Waals surface area contributed by atoms with Crippen LogP contribution in [0.1, 0.15) is 41.6 Å². The van der Waals surface area contributed by atoms with Gasteiger partial charge in [-0.15, -0.1) is 0 Å². The van der Waals surface area contributed by atoms with E-state index in [1.54, 1.807) is 17.1 Å². The predicted octanol–water partition coefficient (Wildman–Crippen LogP) is 2.41. The highest BCUT2D eigenvalue weighted by molar-refractivity contribution is 6.09. The Bertz CT molecular complexity index is 602. The lowest BCUT2D eigenvalue weighted by molar-refractivity contribution is 0.101. The lowest BCUT2D eigenvalue weighted by Crippen LogP contribution is -2.16. The summed E-state index contributed by atoms with van der Waals surface area (Å²) in [4.78, 5) is 16.8. The van der Waals surface area contributed by atoms with Crippen molar-refractivity contribution in [2.45, 2.75) is 26.8 Å². The van der Waals surface area contributed by atoms with Gasteiger partial charge in [0.15, 0.2) is 11.4 Å². The monoisotopic (exact) mass is 259 g/mol. The summed E-state index contributed by atoms with van der Waals surface area (Å²) in [5.41, 5.74) is 1.72. The molecule has 2 heterocycles. The Morgan fingerprint density at radius 1 is 1.42 bits per heavy atom. The predicted molar refractivity (Wildman–Crippen MR) is 71.6 cm³/mol. The zero-order chi connectivity index (χ0) is 14.0. The first-order chi connectivity index (χ1) is 9.06. The SMILES string of the molecule is COc1cnn(C(C)C)c1C(=O)c1ncccc1C. The Morgan fingerprint density at radius 2 is 2.16 bits per heavy atom. The second-order valence-corrected chi connectivity index (χ2v) is 4.60. The van der Waals surface area contributed by atoms with E-state index in [1.165, 1.54) is 7.11 Å². The molecule has 0 saturated heterocycles. The van der Waals surface area contributed by atoms with Gasteiger partial charge in [-0.3, -0.25) is 14.5 Å². The summed E-state index contributed by atoms with van der Waals surface area (Å²) in [6.07, 6.45) is 3.17. The van der Waals surface area contributed by atoms with Crippen molar-refractivity contribution in [1.29, 1.82) is 0 Å². The minimum Gasteiger partial charge on any atom is -0.493 e. The number of carbonyl (C=O) groups excluding carboxylic acids is 1. The van der Waals surface area contributed by atoms with Crippen LogP contribution in [0, 0.1) is 6.92 Å². The largest absolute Gasteiger partial charge is 0.493 e. The van der Waals surface area contributed by atoms with Crippen molar-refractivity contribution in [3.63, 3.8) is 0 Å². The van der Waals surface area contributed by atoms with E-state index >= 15 is 0 Å². The molecule has 0 amide bonds. The van der Waals surface area contributed by atoms with E-state index in [9.17, 15) is 4.79 Å². The molecular weight excluding hydrogens is 242 g/mol. The van der Waals surface area contributed by atoms with Crippen LogP contribution in [-0.4, -0.2) is 27.7 Å². The maximum Gasteiger partial charge on any atom is 0.233 e. The maximum atomic E-state index is 12.6. The standard InChI is InChI=1S/C14H17N3O2/c1-9(2)17-13(11(19-4)8-16-17)14(18)12-10(3)6-5-7-15-12/h5-9H,1-4H3. The van der Waals surface area contributed by atoms with E-state index in [-0.39, 0.29) is 11.8 Å². The second kappa shape index (κ2) is 5.22. The van der Waals surface area contributed by atoms with Gasteiger partial charge in [0.1, 0.15) is 5.69 Å². The van der Waals surface area contributed by atoms with Crippen LogP contribution in [0.2, 0.25) is 0 Å². The Balaban J connectivity index is 2.55. The second-order valence-electron chi connectivity index (χ2n) is 4.60. The molecule has 100 valence electrons. The number of ether oxygens (including phenoxy) is 1. The Kier molecular flexibility index (Phi) is 3.64. The lowest BCUT2D eigenvalue weighted by Gasteiger charge is -2.11. The van der Waals surface area contributed by atoms with Gasteiger partial charge in [-0.1, -0.05) is 6.07 Å². The van der Waals surface area contributed by atoms with Gasteiger partial charge in [0.25, 0.3) is 0 Å². The maximum absolute atomic E-state index is 12.6. The van der Waals surface area contributed by atoms with Gasteiger partial charge < -0.3 is 4.74 Å². The molecule has 0 aliphatic carbocycles. The number of pyridine rings is 1. The molecule has 0 aliphatic rings. The number of aromatic nitrogens is 3. The van der Waals surface area contributed by atoms with Gasteiger partial charge in [-0.05, 0) is 32.4 Å². The van der Waals surface area contributed by atoms with Gasteiger partial charge in [-0.25, -0.2) is 0 Å². The number of ketones is 1. The average Bonchev–Trinajstić information content (AvgIpc) is 2.82. The first kappa shape index (κ1) is 13.3. The third-order valence-corrected chi connectivity index (χ3v) is 2.91. The molecule has 0 saturated carbocycles. The molecule has 5 nitrogen and oxygen atoms in total. The van der Waals surface area contributed by atoms with Crippen LogP contribution < -0.4 is 4.74 Å². The Hall–Kier alpha value is -2.17. The minimum atomic E-state index is -0.166. The molecule has 0 aliphatic heterocycles. The molecular formula is C14H17N3O2. The lowest BCUT2D eigenvalue weighted by atomic mass is 10.1. The third-order valence-electron chi connectivity index (χ3n) is 2.91. The van der Waals surface area contributed by atoms with E-state index < -0.39 is 0 Å². The summed E-state index contributed by atoms with van der Waals surface area (Å²) in [5.74, 6) is 0.310. The number of carbonyl (C=O) groups is 1. The van der Waals surface area contributed by atoms with Crippen LogP contribution >= 0.6 is 0 Å². The van der Waals surface area contributed by atoms with Gasteiger partial charge in [0.05, 0.1) is 13.3 Å². The summed E-state index contributed by atoms with van der Waals surface area (Å²) >= 11 is 0. The van der Waals surface area contributed by atoms with E-state index in [2.05, 4.69) is 10.1 Å². The number of rotatable bonds is 4. The molecule has 2 rings (SSSR count). The molecule has 2 aromatic heterocycles. The number of nitrogens with zero attached hydrogens (tertiary/aromatic N) is 3. The number of hydrogen-bond acceptors (Lipinski definition) is 4. The zero-order valence-electron chi connectivity index (χ0n) is 11.5. The Labute approximate surface area is 112 Å². The van der Waals surface area contributed by atoms with Crippen molar-refractivity contribution in [2.75, 3.05) is 7.11 Å². The molecule has 0 atom stereocenters. The van der Waals surface area contributed by atoms with Gasteiger partial charge in [0, 0.05) is 12.2 Å². The van der Waals surface area contributed by atoms with Crippen molar-refractivity contribution in [3.05, 3.63) is 41.5 Å². The van der Waals surface area contributed by atoms with E-state index in [4.69, 9.17) is 4.74 Å². The molecule has 0 N–H and O–H groups in total. The van der Waals surface area contributed by atoms with Crippen LogP contribution in [0.5, 0.6) is 5.75 Å². The third kappa shape index (κ3) is 2.36. The summed E-state index contributed by atoms with van der Waals surface area (Å²) in [7, 11) is 1.53. The topological polar surface area (TPSA) is 57.0 Å². The summed E-state index contributed by atoms with van der Waals surface area (Å²) in [6.45, 7) is 5.80. The molecule has 0 spiro atoms.